The predicted octanol–water partition coefficient (Wildman–Crippen LogP) is 0.189. The summed E-state index contributed by atoms with van der Waals surface area (Å²) in [6, 6.07) is 5.27. The fraction of sp³-hybridized carbons (Fsp3) is 0.333. The van der Waals surface area contributed by atoms with Gasteiger partial charge in [-0.3, -0.25) is 4.79 Å². The second kappa shape index (κ2) is 5.50. The van der Waals surface area contributed by atoms with E-state index in [9.17, 15) is 14.7 Å². The molecule has 1 aromatic carbocycles. The van der Waals surface area contributed by atoms with Crippen LogP contribution in [0.4, 0.5) is 10.5 Å². The number of hydrogen-bond acceptors (Lipinski definition) is 4. The van der Waals surface area contributed by atoms with Gasteiger partial charge in [-0.1, -0.05) is 0 Å². The number of nitrogens with zero attached hydrogens (tertiary/aromatic N) is 1. The summed E-state index contributed by atoms with van der Waals surface area (Å²) < 4.78 is 0. The Kier molecular flexibility index (Phi) is 3.78. The van der Waals surface area contributed by atoms with E-state index in [1.165, 1.54) is 24.3 Å². The van der Waals surface area contributed by atoms with Crippen LogP contribution in [0, 0.1) is 0 Å². The molecule has 1 aliphatic rings. The molecule has 18 heavy (non-hydrogen) atoms. The zero-order valence-corrected chi connectivity index (χ0v) is 9.85. The summed E-state index contributed by atoms with van der Waals surface area (Å²) in [4.78, 5) is 24.8. The summed E-state index contributed by atoms with van der Waals surface area (Å²) in [5, 5.41) is 15.1. The molecule has 0 saturated carbocycles. The van der Waals surface area contributed by atoms with Crippen LogP contribution < -0.4 is 16.1 Å². The molecule has 2 rings (SSSR count). The zero-order valence-electron chi connectivity index (χ0n) is 9.85. The molecule has 3 N–H and O–H groups in total. The van der Waals surface area contributed by atoms with E-state index in [1.807, 2.05) is 0 Å². The Morgan fingerprint density at radius 3 is 2.61 bits per heavy atom. The Labute approximate surface area is 104 Å². The number of piperazine rings is 1. The predicted molar refractivity (Wildman–Crippen MR) is 67.8 cm³/mol. The Hall–Kier alpha value is -2.08. The lowest BCUT2D eigenvalue weighted by molar-refractivity contribution is 0.204. The zero-order chi connectivity index (χ0) is 13.0. The molecular weight excluding hydrogens is 234 g/mol. The molecule has 0 spiro atoms. The fourth-order valence-corrected chi connectivity index (χ4v) is 1.71. The standard InChI is InChI=1S/C12H15N3O3/c16-10-3-1-9(2-4-11(10)17)14-12(18)15-7-5-13-6-8-15/h1-4,13H,5-8H2,(H,14,18)(H,16,17). The van der Waals surface area contributed by atoms with Crippen LogP contribution in [0.15, 0.2) is 29.1 Å². The number of anilines is 1. The van der Waals surface area contributed by atoms with Crippen LogP contribution >= 0.6 is 0 Å². The van der Waals surface area contributed by atoms with Crippen LogP contribution in [0.5, 0.6) is 5.75 Å². The van der Waals surface area contributed by atoms with Gasteiger partial charge in [0.2, 0.25) is 5.43 Å². The lowest BCUT2D eigenvalue weighted by Crippen LogP contribution is -2.48. The first-order valence-electron chi connectivity index (χ1n) is 5.77. The maximum Gasteiger partial charge on any atom is 0.321 e. The molecule has 2 amide bonds. The van der Waals surface area contributed by atoms with Crippen molar-refractivity contribution < 1.29 is 9.90 Å². The largest absolute Gasteiger partial charge is 0.504 e. The van der Waals surface area contributed by atoms with Crippen LogP contribution in [-0.2, 0) is 0 Å². The number of nitrogens with one attached hydrogen (secondary N) is 2. The van der Waals surface area contributed by atoms with Crippen LogP contribution in [0.1, 0.15) is 0 Å². The lowest BCUT2D eigenvalue weighted by Gasteiger charge is -2.27. The van der Waals surface area contributed by atoms with Crippen molar-refractivity contribution in [2.75, 3.05) is 31.5 Å². The molecule has 1 heterocycles. The molecular formula is C12H15N3O3. The summed E-state index contributed by atoms with van der Waals surface area (Å²) in [7, 11) is 0. The number of carbonyl (C=O) groups is 1. The highest BCUT2D eigenvalue weighted by atomic mass is 16.3. The Balaban J connectivity index is 2.07. The Morgan fingerprint density at radius 2 is 1.89 bits per heavy atom. The molecule has 0 atom stereocenters. The highest BCUT2D eigenvalue weighted by Crippen LogP contribution is 2.08. The first-order chi connectivity index (χ1) is 8.66. The van der Waals surface area contributed by atoms with Crippen LogP contribution in [0.25, 0.3) is 0 Å². The van der Waals surface area contributed by atoms with Gasteiger partial charge in [-0.05, 0) is 24.3 Å². The van der Waals surface area contributed by atoms with Crippen molar-refractivity contribution in [3.8, 4) is 5.75 Å². The van der Waals surface area contributed by atoms with Crippen molar-refractivity contribution in [3.63, 3.8) is 0 Å². The van der Waals surface area contributed by atoms with Crippen molar-refractivity contribution in [1.29, 1.82) is 0 Å². The monoisotopic (exact) mass is 249 g/mol. The van der Waals surface area contributed by atoms with Crippen molar-refractivity contribution in [2.45, 2.75) is 0 Å². The summed E-state index contributed by atoms with van der Waals surface area (Å²) in [6.45, 7) is 2.87. The average molecular weight is 249 g/mol. The maximum atomic E-state index is 11.9. The van der Waals surface area contributed by atoms with Crippen LogP contribution in [0.3, 0.4) is 0 Å². The van der Waals surface area contributed by atoms with E-state index in [4.69, 9.17) is 0 Å². The Bertz CT molecular complexity index is 498. The quantitative estimate of drug-likeness (QED) is 0.663. The number of urea groups is 1. The summed E-state index contributed by atoms with van der Waals surface area (Å²) in [5.74, 6) is -0.335. The van der Waals surface area contributed by atoms with Crippen molar-refractivity contribution in [3.05, 3.63) is 34.5 Å². The molecule has 1 aromatic rings. The van der Waals surface area contributed by atoms with Crippen molar-refractivity contribution in [2.24, 2.45) is 0 Å². The smallest absolute Gasteiger partial charge is 0.321 e. The number of hydrogen-bond donors (Lipinski definition) is 3. The van der Waals surface area contributed by atoms with Gasteiger partial charge in [0.05, 0.1) is 0 Å². The van der Waals surface area contributed by atoms with E-state index < -0.39 is 5.43 Å². The lowest BCUT2D eigenvalue weighted by atomic mass is 10.4. The van der Waals surface area contributed by atoms with Crippen molar-refractivity contribution in [1.82, 2.24) is 10.2 Å². The van der Waals surface area contributed by atoms with Gasteiger partial charge in [-0.25, -0.2) is 4.79 Å². The second-order valence-electron chi connectivity index (χ2n) is 4.04. The van der Waals surface area contributed by atoms with E-state index in [2.05, 4.69) is 10.6 Å². The highest BCUT2D eigenvalue weighted by Gasteiger charge is 2.15. The number of aromatic hydroxyl groups is 1. The van der Waals surface area contributed by atoms with E-state index in [0.717, 1.165) is 13.1 Å². The molecule has 0 aliphatic carbocycles. The molecule has 1 aliphatic heterocycles. The highest BCUT2D eigenvalue weighted by molar-refractivity contribution is 5.89. The maximum absolute atomic E-state index is 11.9. The van der Waals surface area contributed by atoms with Gasteiger partial charge in [-0.15, -0.1) is 0 Å². The first kappa shape index (κ1) is 12.4. The minimum atomic E-state index is -0.474. The van der Waals surface area contributed by atoms with E-state index in [-0.39, 0.29) is 11.8 Å². The molecule has 0 aromatic heterocycles. The summed E-state index contributed by atoms with van der Waals surface area (Å²) in [6.07, 6.45) is 0. The summed E-state index contributed by atoms with van der Waals surface area (Å²) >= 11 is 0. The average Bonchev–Trinajstić information content (AvgIpc) is 2.55. The SMILES string of the molecule is O=C(Nc1ccc(O)c(=O)cc1)N1CCNCC1. The molecule has 6 heteroatoms. The van der Waals surface area contributed by atoms with Gasteiger partial charge in [0.1, 0.15) is 0 Å². The molecule has 6 nitrogen and oxygen atoms in total. The third-order valence-electron chi connectivity index (χ3n) is 2.74. The first-order valence-corrected chi connectivity index (χ1v) is 5.77. The molecule has 0 unspecified atom stereocenters. The van der Waals surface area contributed by atoms with E-state index in [1.54, 1.807) is 4.90 Å². The van der Waals surface area contributed by atoms with Crippen LogP contribution in [-0.4, -0.2) is 42.2 Å². The molecule has 0 bridgehead atoms. The van der Waals surface area contributed by atoms with Crippen molar-refractivity contribution >= 4 is 11.7 Å². The number of rotatable bonds is 1. The summed E-state index contributed by atoms with van der Waals surface area (Å²) in [5.41, 5.74) is 0.00797. The fourth-order valence-electron chi connectivity index (χ4n) is 1.71. The van der Waals surface area contributed by atoms with Gasteiger partial charge >= 0.3 is 6.03 Å². The number of carbonyl (C=O) groups excluding carboxylic acids is 1. The molecule has 1 saturated heterocycles. The van der Waals surface area contributed by atoms with Gasteiger partial charge < -0.3 is 20.6 Å². The third kappa shape index (κ3) is 2.98. The molecule has 96 valence electrons. The Morgan fingerprint density at radius 1 is 1.22 bits per heavy atom. The topological polar surface area (TPSA) is 81.7 Å². The van der Waals surface area contributed by atoms with Gasteiger partial charge in [-0.2, -0.15) is 0 Å². The van der Waals surface area contributed by atoms with E-state index in [0.29, 0.717) is 18.8 Å². The normalized spacial score (nSPS) is 15.2. The minimum absolute atomic E-state index is 0.199. The number of amides is 2. The molecule has 1 fully saturated rings. The van der Waals surface area contributed by atoms with Gasteiger partial charge in [0.25, 0.3) is 0 Å². The van der Waals surface area contributed by atoms with Crippen LogP contribution in [0.2, 0.25) is 0 Å². The second-order valence-corrected chi connectivity index (χ2v) is 4.04. The third-order valence-corrected chi connectivity index (χ3v) is 2.74. The van der Waals surface area contributed by atoms with Gasteiger partial charge in [0.15, 0.2) is 5.75 Å². The van der Waals surface area contributed by atoms with Gasteiger partial charge in [0, 0.05) is 31.9 Å². The minimum Gasteiger partial charge on any atom is -0.504 e. The van der Waals surface area contributed by atoms with E-state index >= 15 is 0 Å². The molecule has 0 radical (unpaired) electrons.